The van der Waals surface area contributed by atoms with Gasteiger partial charge in [0, 0.05) is 11.4 Å². The van der Waals surface area contributed by atoms with E-state index in [-0.39, 0.29) is 18.0 Å². The topological polar surface area (TPSA) is 155 Å². The number of anilines is 2. The van der Waals surface area contributed by atoms with Gasteiger partial charge in [-0.1, -0.05) is 12.8 Å². The predicted molar refractivity (Wildman–Crippen MR) is 136 cm³/mol. The first kappa shape index (κ1) is 25.2. The lowest BCUT2D eigenvalue weighted by atomic mass is 9.90. The van der Waals surface area contributed by atoms with Gasteiger partial charge >= 0.3 is 6.09 Å². The second-order valence-corrected chi connectivity index (χ2v) is 10.5. The van der Waals surface area contributed by atoms with Gasteiger partial charge in [0.2, 0.25) is 11.9 Å². The zero-order chi connectivity index (χ0) is 25.9. The number of fused-ring (bicyclic) bond motifs is 1. The number of alkyl carbamates (subject to hydrolysis) is 1. The Kier molecular flexibility index (Phi) is 7.30. The molecule has 12 heteroatoms. The highest BCUT2D eigenvalue weighted by Crippen LogP contribution is 2.27. The van der Waals surface area contributed by atoms with Gasteiger partial charge in [0.15, 0.2) is 0 Å². The van der Waals surface area contributed by atoms with E-state index < -0.39 is 17.6 Å². The molecule has 1 aliphatic rings. The molecule has 36 heavy (non-hydrogen) atoms. The summed E-state index contributed by atoms with van der Waals surface area (Å²) >= 11 is 1.36. The van der Waals surface area contributed by atoms with Crippen LogP contribution >= 0.6 is 11.3 Å². The maximum absolute atomic E-state index is 13.0. The van der Waals surface area contributed by atoms with Crippen LogP contribution in [0.4, 0.5) is 16.7 Å². The summed E-state index contributed by atoms with van der Waals surface area (Å²) in [5, 5.41) is 19.7. The van der Waals surface area contributed by atoms with Crippen molar-refractivity contribution in [3.63, 3.8) is 0 Å². The van der Waals surface area contributed by atoms with Gasteiger partial charge in [0.25, 0.3) is 5.91 Å². The van der Waals surface area contributed by atoms with E-state index in [1.165, 1.54) is 17.5 Å². The Labute approximate surface area is 212 Å². The second kappa shape index (κ2) is 10.4. The molecular formula is C24H28N8O3S. The van der Waals surface area contributed by atoms with Crippen LogP contribution in [0.5, 0.6) is 0 Å². The summed E-state index contributed by atoms with van der Waals surface area (Å²) < 4.78 is 6.18. The van der Waals surface area contributed by atoms with Gasteiger partial charge in [-0.05, 0) is 40.5 Å². The molecule has 2 amide bonds. The van der Waals surface area contributed by atoms with Crippen LogP contribution in [-0.2, 0) is 4.74 Å². The van der Waals surface area contributed by atoms with E-state index >= 15 is 0 Å². The lowest BCUT2D eigenvalue weighted by Gasteiger charge is -2.33. The number of nitriles is 1. The number of amides is 2. The van der Waals surface area contributed by atoms with Crippen LogP contribution in [0.25, 0.3) is 10.2 Å². The maximum Gasteiger partial charge on any atom is 0.407 e. The Hall–Kier alpha value is -3.85. The van der Waals surface area contributed by atoms with Crippen molar-refractivity contribution in [3.05, 3.63) is 34.6 Å². The highest BCUT2D eigenvalue weighted by atomic mass is 32.1. The molecule has 0 spiro atoms. The molecule has 0 unspecified atom stereocenters. The first-order valence-electron chi connectivity index (χ1n) is 11.7. The molecule has 3 heterocycles. The van der Waals surface area contributed by atoms with E-state index in [4.69, 9.17) is 10.00 Å². The Bertz CT molecular complexity index is 1330. The van der Waals surface area contributed by atoms with Gasteiger partial charge in [-0.15, -0.1) is 11.3 Å². The van der Waals surface area contributed by atoms with Crippen molar-refractivity contribution in [3.8, 4) is 6.07 Å². The normalized spacial score (nSPS) is 17.8. The number of aryl methyl sites for hydroxylation is 1. The van der Waals surface area contributed by atoms with E-state index in [2.05, 4.69) is 35.9 Å². The molecule has 11 nitrogen and oxygen atoms in total. The zero-order valence-electron chi connectivity index (χ0n) is 20.6. The van der Waals surface area contributed by atoms with Crippen LogP contribution in [0.2, 0.25) is 0 Å². The van der Waals surface area contributed by atoms with Crippen molar-refractivity contribution in [2.24, 2.45) is 0 Å². The molecule has 188 valence electrons. The van der Waals surface area contributed by atoms with Crippen molar-refractivity contribution in [1.82, 2.24) is 25.3 Å². The quantitative estimate of drug-likeness (QED) is 0.460. The predicted octanol–water partition coefficient (Wildman–Crippen LogP) is 4.16. The summed E-state index contributed by atoms with van der Waals surface area (Å²) in [6.45, 7) is 7.16. The van der Waals surface area contributed by atoms with Crippen LogP contribution < -0.4 is 16.0 Å². The number of carbonyl (C=O) groups is 2. The lowest BCUT2D eigenvalue weighted by molar-refractivity contribution is 0.0488. The number of nitrogens with zero attached hydrogens (tertiary/aromatic N) is 5. The summed E-state index contributed by atoms with van der Waals surface area (Å²) in [5.41, 5.74) is 1.13. The maximum atomic E-state index is 13.0. The number of carbonyl (C=O) groups excluding carboxylic acids is 2. The van der Waals surface area contributed by atoms with Gasteiger partial charge in [-0.2, -0.15) is 5.26 Å². The molecule has 3 aromatic rings. The van der Waals surface area contributed by atoms with Gasteiger partial charge in [-0.3, -0.25) is 10.1 Å². The molecular weight excluding hydrogens is 480 g/mol. The first-order chi connectivity index (χ1) is 17.1. The molecule has 0 aromatic carbocycles. The van der Waals surface area contributed by atoms with Crippen molar-refractivity contribution >= 4 is 45.5 Å². The Morgan fingerprint density at radius 3 is 2.53 bits per heavy atom. The Balaban J connectivity index is 1.50. The molecule has 3 N–H and O–H groups in total. The average molecular weight is 509 g/mol. The second-order valence-electron chi connectivity index (χ2n) is 9.60. The third kappa shape index (κ3) is 6.04. The van der Waals surface area contributed by atoms with Crippen LogP contribution in [0.15, 0.2) is 17.8 Å². The largest absolute Gasteiger partial charge is 0.444 e. The van der Waals surface area contributed by atoms with Gasteiger partial charge in [0.05, 0.1) is 45.5 Å². The van der Waals surface area contributed by atoms with Gasteiger partial charge in [-0.25, -0.2) is 24.7 Å². The summed E-state index contributed by atoms with van der Waals surface area (Å²) in [6, 6.07) is 1.80. The van der Waals surface area contributed by atoms with Gasteiger partial charge in [0.1, 0.15) is 11.7 Å². The summed E-state index contributed by atoms with van der Waals surface area (Å²) in [4.78, 5) is 42.5. The molecule has 1 aliphatic carbocycles. The molecule has 1 saturated carbocycles. The monoisotopic (exact) mass is 508 g/mol. The summed E-state index contributed by atoms with van der Waals surface area (Å²) in [6.07, 6.45) is 6.28. The fourth-order valence-electron chi connectivity index (χ4n) is 3.97. The van der Waals surface area contributed by atoms with Crippen molar-refractivity contribution in [1.29, 1.82) is 5.26 Å². The minimum Gasteiger partial charge on any atom is -0.444 e. The van der Waals surface area contributed by atoms with Crippen molar-refractivity contribution in [2.45, 2.75) is 71.1 Å². The number of aromatic nitrogens is 4. The van der Waals surface area contributed by atoms with Gasteiger partial charge < -0.3 is 15.4 Å². The molecule has 2 atom stereocenters. The van der Waals surface area contributed by atoms with E-state index in [0.29, 0.717) is 28.3 Å². The van der Waals surface area contributed by atoms with Crippen LogP contribution in [0.1, 0.15) is 68.1 Å². The lowest BCUT2D eigenvalue weighted by Crippen LogP contribution is -2.50. The third-order valence-electron chi connectivity index (χ3n) is 5.67. The van der Waals surface area contributed by atoms with E-state index in [1.54, 1.807) is 18.5 Å². The van der Waals surface area contributed by atoms with E-state index in [0.717, 1.165) is 30.4 Å². The standard InChI is InChI=1S/C24H28N8O3S/c1-13-14(9-25)10-26-21(28-13)32-20(33)15-12-36-18-11-27-22(31-19(15)18)29-16-7-5-6-8-17(16)30-23(34)35-24(2,3)4/h10-12,16-17H,5-8H2,1-4H3,(H,30,34)(H,27,29,31)(H,26,28,32,33)/t16-,17+/m1/s1. The molecule has 0 saturated heterocycles. The smallest absolute Gasteiger partial charge is 0.407 e. The SMILES string of the molecule is Cc1nc(NC(=O)c2csc3cnc(N[C@@H]4CCCC[C@@H]4NC(=O)OC(C)(C)C)nc23)ncc1C#N. The minimum absolute atomic E-state index is 0.0744. The number of thiophene rings is 1. The fraction of sp³-hybridized carbons (Fsp3) is 0.458. The number of hydrogen-bond donors (Lipinski definition) is 3. The van der Waals surface area contributed by atoms with Crippen molar-refractivity contribution < 1.29 is 14.3 Å². The summed E-state index contributed by atoms with van der Waals surface area (Å²) in [7, 11) is 0. The first-order valence-corrected chi connectivity index (χ1v) is 12.6. The number of ether oxygens (including phenoxy) is 1. The van der Waals surface area contributed by atoms with Crippen molar-refractivity contribution in [2.75, 3.05) is 10.6 Å². The van der Waals surface area contributed by atoms with E-state index in [9.17, 15) is 9.59 Å². The highest BCUT2D eigenvalue weighted by molar-refractivity contribution is 7.17. The molecule has 0 aliphatic heterocycles. The summed E-state index contributed by atoms with van der Waals surface area (Å²) in [5.74, 6) is 0.0852. The molecule has 1 fully saturated rings. The zero-order valence-corrected chi connectivity index (χ0v) is 21.4. The fourth-order valence-corrected chi connectivity index (χ4v) is 4.81. The Morgan fingerprint density at radius 1 is 1.11 bits per heavy atom. The van der Waals surface area contributed by atoms with E-state index in [1.807, 2.05) is 26.8 Å². The number of hydrogen-bond acceptors (Lipinski definition) is 10. The van der Waals surface area contributed by atoms with Crippen LogP contribution in [-0.4, -0.2) is 49.6 Å². The molecule has 0 radical (unpaired) electrons. The van der Waals surface area contributed by atoms with Crippen LogP contribution in [0.3, 0.4) is 0 Å². The number of rotatable bonds is 5. The molecule has 4 rings (SSSR count). The number of nitrogens with one attached hydrogen (secondary N) is 3. The molecule has 0 bridgehead atoms. The highest BCUT2D eigenvalue weighted by Gasteiger charge is 2.29. The van der Waals surface area contributed by atoms with Crippen LogP contribution in [0, 0.1) is 18.3 Å². The Morgan fingerprint density at radius 2 is 1.83 bits per heavy atom. The average Bonchev–Trinajstić information content (AvgIpc) is 3.23. The minimum atomic E-state index is -0.576. The molecule has 3 aromatic heterocycles. The third-order valence-corrected chi connectivity index (χ3v) is 6.57.